The van der Waals surface area contributed by atoms with E-state index in [1.165, 1.54) is 5.56 Å². The summed E-state index contributed by atoms with van der Waals surface area (Å²) in [5.41, 5.74) is 1.41. The molecule has 0 aliphatic carbocycles. The molecule has 0 N–H and O–H groups in total. The van der Waals surface area contributed by atoms with Crippen LogP contribution >= 0.6 is 0 Å². The van der Waals surface area contributed by atoms with E-state index in [0.717, 1.165) is 5.92 Å². The van der Waals surface area contributed by atoms with Crippen molar-refractivity contribution in [1.29, 1.82) is 0 Å². The van der Waals surface area contributed by atoms with Crippen LogP contribution in [0.25, 0.3) is 0 Å². The van der Waals surface area contributed by atoms with Gasteiger partial charge in [-0.3, -0.25) is 0 Å². The molecule has 84 valence electrons. The first-order valence-corrected chi connectivity index (χ1v) is 5.75. The van der Waals surface area contributed by atoms with Crippen molar-refractivity contribution in [3.05, 3.63) is 48.0 Å². The van der Waals surface area contributed by atoms with Crippen LogP contribution in [0.1, 0.15) is 46.1 Å². The molecule has 0 unspecified atom stereocenters. The van der Waals surface area contributed by atoms with E-state index in [0.29, 0.717) is 5.92 Å². The first kappa shape index (κ1) is 14.0. The van der Waals surface area contributed by atoms with Gasteiger partial charge in [0.25, 0.3) is 0 Å². The van der Waals surface area contributed by atoms with Crippen LogP contribution in [0.2, 0.25) is 0 Å². The first-order valence-electron chi connectivity index (χ1n) is 5.75. The third-order valence-corrected chi connectivity index (χ3v) is 2.04. The van der Waals surface area contributed by atoms with Crippen LogP contribution in [0.4, 0.5) is 0 Å². The molecule has 0 spiro atoms. The summed E-state index contributed by atoms with van der Waals surface area (Å²) in [6, 6.07) is 10.5. The highest BCUT2D eigenvalue weighted by Crippen LogP contribution is 2.11. The van der Waals surface area contributed by atoms with E-state index in [1.807, 2.05) is 13.0 Å². The fourth-order valence-electron chi connectivity index (χ4n) is 1.22. The van der Waals surface area contributed by atoms with E-state index in [4.69, 9.17) is 0 Å². The molecule has 0 atom stereocenters. The van der Waals surface area contributed by atoms with Crippen LogP contribution in [0.3, 0.4) is 0 Å². The van der Waals surface area contributed by atoms with Crippen LogP contribution in [-0.2, 0) is 0 Å². The Labute approximate surface area is 95.0 Å². The van der Waals surface area contributed by atoms with Gasteiger partial charge in [0, 0.05) is 0 Å². The molecule has 0 saturated carbocycles. The van der Waals surface area contributed by atoms with Crippen molar-refractivity contribution < 1.29 is 0 Å². The minimum absolute atomic E-state index is 0.659. The van der Waals surface area contributed by atoms with E-state index in [2.05, 4.69) is 64.1 Å². The molecule has 0 fully saturated rings. The third kappa shape index (κ3) is 7.99. The second kappa shape index (κ2) is 8.28. The predicted molar refractivity (Wildman–Crippen MR) is 70.2 cm³/mol. The monoisotopic (exact) mass is 204 g/mol. The van der Waals surface area contributed by atoms with Gasteiger partial charge in [0.15, 0.2) is 0 Å². The molecule has 1 aromatic rings. The van der Waals surface area contributed by atoms with Crippen molar-refractivity contribution in [1.82, 2.24) is 0 Å². The van der Waals surface area contributed by atoms with Crippen molar-refractivity contribution in [3.8, 4) is 0 Å². The molecular weight excluding hydrogens is 180 g/mol. The van der Waals surface area contributed by atoms with Crippen molar-refractivity contribution in [2.24, 2.45) is 5.92 Å². The van der Waals surface area contributed by atoms with Crippen molar-refractivity contribution in [2.75, 3.05) is 0 Å². The standard InChI is InChI=1S/C9H12.C6H12/c1-8(2)9-6-4-3-5-7-9;1-4-5-6(2)3/h3-8H,1-2H3;4-6H,1-3H3/b;5-4+. The van der Waals surface area contributed by atoms with Crippen molar-refractivity contribution in [2.45, 2.75) is 40.5 Å². The fraction of sp³-hybridized carbons (Fsp3) is 0.467. The highest BCUT2D eigenvalue weighted by atomic mass is 14.0. The molecule has 0 nitrogen and oxygen atoms in total. The fourth-order valence-corrected chi connectivity index (χ4v) is 1.22. The van der Waals surface area contributed by atoms with Crippen molar-refractivity contribution >= 4 is 0 Å². The van der Waals surface area contributed by atoms with E-state index >= 15 is 0 Å². The molecule has 0 aliphatic rings. The summed E-state index contributed by atoms with van der Waals surface area (Å²) in [5, 5.41) is 0. The maximum absolute atomic E-state index is 2.20. The molecule has 0 aliphatic heterocycles. The molecule has 0 amide bonds. The lowest BCUT2D eigenvalue weighted by Crippen LogP contribution is -1.83. The Morgan fingerprint density at radius 1 is 0.933 bits per heavy atom. The summed E-state index contributed by atoms with van der Waals surface area (Å²) in [4.78, 5) is 0. The SMILES string of the molecule is C/C=C/C(C)C.CC(C)c1ccccc1. The minimum atomic E-state index is 0.659. The van der Waals surface area contributed by atoms with Gasteiger partial charge >= 0.3 is 0 Å². The second-order valence-corrected chi connectivity index (χ2v) is 4.34. The Balaban J connectivity index is 0.000000288. The Hall–Kier alpha value is -1.04. The molecular formula is C15H24. The minimum Gasteiger partial charge on any atom is -0.0914 e. The highest BCUT2D eigenvalue weighted by molar-refractivity contribution is 5.17. The van der Waals surface area contributed by atoms with Crippen molar-refractivity contribution in [3.63, 3.8) is 0 Å². The summed E-state index contributed by atoms with van der Waals surface area (Å²) in [6.45, 7) is 10.8. The van der Waals surface area contributed by atoms with Gasteiger partial charge in [-0.1, -0.05) is 70.2 Å². The summed E-state index contributed by atoms with van der Waals surface area (Å²) in [6.07, 6.45) is 4.24. The molecule has 0 bridgehead atoms. The van der Waals surface area contributed by atoms with E-state index in [9.17, 15) is 0 Å². The number of benzene rings is 1. The Morgan fingerprint density at radius 3 is 1.67 bits per heavy atom. The Bertz CT molecular complexity index is 255. The summed E-state index contributed by atoms with van der Waals surface area (Å²) in [5.74, 6) is 1.38. The lowest BCUT2D eigenvalue weighted by molar-refractivity contribution is 0.830. The van der Waals surface area contributed by atoms with Crippen LogP contribution in [-0.4, -0.2) is 0 Å². The highest BCUT2D eigenvalue weighted by Gasteiger charge is 1.93. The van der Waals surface area contributed by atoms with E-state index in [-0.39, 0.29) is 0 Å². The molecule has 0 aromatic heterocycles. The number of hydrogen-bond acceptors (Lipinski definition) is 0. The quantitative estimate of drug-likeness (QED) is 0.593. The average molecular weight is 204 g/mol. The number of hydrogen-bond donors (Lipinski definition) is 0. The van der Waals surface area contributed by atoms with E-state index < -0.39 is 0 Å². The summed E-state index contributed by atoms with van der Waals surface area (Å²) >= 11 is 0. The lowest BCUT2D eigenvalue weighted by atomic mass is 10.0. The molecule has 1 rings (SSSR count). The first-order chi connectivity index (χ1) is 7.07. The normalized spacial score (nSPS) is 10.6. The average Bonchev–Trinajstić information content (AvgIpc) is 2.20. The van der Waals surface area contributed by atoms with E-state index in [1.54, 1.807) is 0 Å². The Morgan fingerprint density at radius 2 is 1.47 bits per heavy atom. The van der Waals surface area contributed by atoms with Gasteiger partial charge in [-0.05, 0) is 24.3 Å². The van der Waals surface area contributed by atoms with Gasteiger partial charge in [-0.2, -0.15) is 0 Å². The van der Waals surface area contributed by atoms with Crippen LogP contribution < -0.4 is 0 Å². The molecule has 0 radical (unpaired) electrons. The summed E-state index contributed by atoms with van der Waals surface area (Å²) < 4.78 is 0. The van der Waals surface area contributed by atoms with Crippen LogP contribution in [0.5, 0.6) is 0 Å². The van der Waals surface area contributed by atoms with Crippen LogP contribution in [0, 0.1) is 5.92 Å². The molecule has 1 aromatic carbocycles. The topological polar surface area (TPSA) is 0 Å². The van der Waals surface area contributed by atoms with Crippen LogP contribution in [0.15, 0.2) is 42.5 Å². The maximum Gasteiger partial charge on any atom is -0.0219 e. The zero-order valence-corrected chi connectivity index (χ0v) is 10.7. The summed E-state index contributed by atoms with van der Waals surface area (Å²) in [7, 11) is 0. The van der Waals surface area contributed by atoms with Gasteiger partial charge in [0.05, 0.1) is 0 Å². The molecule has 15 heavy (non-hydrogen) atoms. The van der Waals surface area contributed by atoms with Gasteiger partial charge < -0.3 is 0 Å². The molecule has 0 heterocycles. The second-order valence-electron chi connectivity index (χ2n) is 4.34. The predicted octanol–water partition coefficient (Wildman–Crippen LogP) is 5.03. The van der Waals surface area contributed by atoms with Gasteiger partial charge in [-0.15, -0.1) is 0 Å². The molecule has 0 saturated heterocycles. The smallest absolute Gasteiger partial charge is 0.0219 e. The number of allylic oxidation sites excluding steroid dienone is 2. The maximum atomic E-state index is 2.20. The van der Waals surface area contributed by atoms with Gasteiger partial charge in [0.1, 0.15) is 0 Å². The number of rotatable bonds is 2. The third-order valence-electron chi connectivity index (χ3n) is 2.04. The lowest BCUT2D eigenvalue weighted by Gasteiger charge is -2.01. The largest absolute Gasteiger partial charge is 0.0914 e. The zero-order chi connectivity index (χ0) is 11.7. The zero-order valence-electron chi connectivity index (χ0n) is 10.7. The van der Waals surface area contributed by atoms with Gasteiger partial charge in [0.2, 0.25) is 0 Å². The van der Waals surface area contributed by atoms with Gasteiger partial charge in [-0.25, -0.2) is 0 Å². The molecule has 0 heteroatoms. The Kier molecular flexibility index (Phi) is 7.71.